The number of nitrogens with two attached hydrogens (primary N) is 1. The van der Waals surface area contributed by atoms with Gasteiger partial charge in [-0.2, -0.15) is 0 Å². The Bertz CT molecular complexity index is 480. The van der Waals surface area contributed by atoms with E-state index in [2.05, 4.69) is 0 Å². The first kappa shape index (κ1) is 15.4. The fourth-order valence-electron chi connectivity index (χ4n) is 1.63. The average Bonchev–Trinajstić information content (AvgIpc) is 2.38. The second kappa shape index (κ2) is 7.04. The van der Waals surface area contributed by atoms with E-state index in [9.17, 15) is 9.18 Å². The molecule has 0 heterocycles. The van der Waals surface area contributed by atoms with Gasteiger partial charge in [0.25, 0.3) is 5.91 Å². The first-order valence-corrected chi connectivity index (χ1v) is 6.31. The standard InChI is InChI=1S/C13H17FN2O2S/c1-3-16(7-6-12(15)19)13(17)9-4-5-11(18-2)10(14)8-9/h4-5,8H,3,6-7H2,1-2H3,(H2,15,19). The number of hydrogen-bond acceptors (Lipinski definition) is 3. The first-order valence-electron chi connectivity index (χ1n) is 5.90. The minimum absolute atomic E-state index is 0.114. The number of amides is 1. The Labute approximate surface area is 117 Å². The van der Waals surface area contributed by atoms with Crippen LogP contribution in [0.5, 0.6) is 5.75 Å². The molecule has 0 bridgehead atoms. The van der Waals surface area contributed by atoms with Gasteiger partial charge >= 0.3 is 0 Å². The zero-order valence-corrected chi connectivity index (χ0v) is 11.8. The van der Waals surface area contributed by atoms with Crippen molar-refractivity contribution in [1.82, 2.24) is 4.90 Å². The molecule has 0 atom stereocenters. The highest BCUT2D eigenvalue weighted by atomic mass is 32.1. The van der Waals surface area contributed by atoms with Crippen molar-refractivity contribution in [2.24, 2.45) is 5.73 Å². The molecule has 0 radical (unpaired) electrons. The third-order valence-corrected chi connectivity index (χ3v) is 2.90. The Balaban J connectivity index is 2.85. The topological polar surface area (TPSA) is 55.6 Å². The van der Waals surface area contributed by atoms with Gasteiger partial charge < -0.3 is 15.4 Å². The Hall–Kier alpha value is -1.69. The molecule has 104 valence electrons. The number of thiocarbonyl (C=S) groups is 1. The molecular formula is C13H17FN2O2S. The lowest BCUT2D eigenvalue weighted by Gasteiger charge is -2.20. The molecule has 0 aliphatic rings. The van der Waals surface area contributed by atoms with Crippen molar-refractivity contribution in [3.63, 3.8) is 0 Å². The molecule has 0 saturated carbocycles. The predicted octanol–water partition coefficient (Wildman–Crippen LogP) is 1.97. The van der Waals surface area contributed by atoms with E-state index in [0.717, 1.165) is 0 Å². The fourth-order valence-corrected chi connectivity index (χ4v) is 1.72. The van der Waals surface area contributed by atoms with Gasteiger partial charge in [-0.25, -0.2) is 4.39 Å². The highest BCUT2D eigenvalue weighted by Crippen LogP contribution is 2.18. The average molecular weight is 284 g/mol. The Morgan fingerprint density at radius 3 is 2.68 bits per heavy atom. The van der Waals surface area contributed by atoms with Gasteiger partial charge in [0, 0.05) is 25.1 Å². The normalized spacial score (nSPS) is 10.1. The summed E-state index contributed by atoms with van der Waals surface area (Å²) in [6, 6.07) is 4.14. The summed E-state index contributed by atoms with van der Waals surface area (Å²) in [6.07, 6.45) is 0.452. The molecule has 1 amide bonds. The minimum atomic E-state index is -0.557. The second-order valence-corrected chi connectivity index (χ2v) is 4.47. The molecule has 0 aliphatic carbocycles. The highest BCUT2D eigenvalue weighted by molar-refractivity contribution is 7.80. The fraction of sp³-hybridized carbons (Fsp3) is 0.385. The second-order valence-electron chi connectivity index (χ2n) is 3.95. The van der Waals surface area contributed by atoms with Crippen molar-refractivity contribution < 1.29 is 13.9 Å². The number of carbonyl (C=O) groups is 1. The van der Waals surface area contributed by atoms with Gasteiger partial charge in [-0.3, -0.25) is 4.79 Å². The van der Waals surface area contributed by atoms with Gasteiger partial charge in [0.2, 0.25) is 0 Å². The predicted molar refractivity (Wildman–Crippen MR) is 75.9 cm³/mol. The van der Waals surface area contributed by atoms with Crippen molar-refractivity contribution in [3.8, 4) is 5.75 Å². The van der Waals surface area contributed by atoms with Crippen LogP contribution in [0.1, 0.15) is 23.7 Å². The molecule has 1 rings (SSSR count). The molecule has 0 aromatic heterocycles. The van der Waals surface area contributed by atoms with Crippen LogP contribution < -0.4 is 10.5 Å². The summed E-state index contributed by atoms with van der Waals surface area (Å²) in [4.78, 5) is 14.1. The van der Waals surface area contributed by atoms with Crippen LogP contribution >= 0.6 is 12.2 Å². The highest BCUT2D eigenvalue weighted by Gasteiger charge is 2.16. The quantitative estimate of drug-likeness (QED) is 0.812. The van der Waals surface area contributed by atoms with Gasteiger partial charge in [0.1, 0.15) is 0 Å². The number of rotatable bonds is 6. The lowest BCUT2D eigenvalue weighted by molar-refractivity contribution is 0.0768. The molecule has 0 fully saturated rings. The number of hydrogen-bond donors (Lipinski definition) is 1. The lowest BCUT2D eigenvalue weighted by Crippen LogP contribution is -2.33. The van der Waals surface area contributed by atoms with E-state index >= 15 is 0 Å². The van der Waals surface area contributed by atoms with Crippen molar-refractivity contribution in [1.29, 1.82) is 0 Å². The van der Waals surface area contributed by atoms with Crippen molar-refractivity contribution in [2.45, 2.75) is 13.3 Å². The summed E-state index contributed by atoms with van der Waals surface area (Å²) in [7, 11) is 1.38. The summed E-state index contributed by atoms with van der Waals surface area (Å²) >= 11 is 4.78. The minimum Gasteiger partial charge on any atom is -0.494 e. The first-order chi connectivity index (χ1) is 8.99. The number of halogens is 1. The largest absolute Gasteiger partial charge is 0.494 e. The van der Waals surface area contributed by atoms with Crippen LogP contribution in [0.15, 0.2) is 18.2 Å². The van der Waals surface area contributed by atoms with Gasteiger partial charge in [-0.1, -0.05) is 12.2 Å². The lowest BCUT2D eigenvalue weighted by atomic mass is 10.1. The number of methoxy groups -OCH3 is 1. The Kier molecular flexibility index (Phi) is 5.69. The Morgan fingerprint density at radius 1 is 1.53 bits per heavy atom. The molecule has 0 unspecified atom stereocenters. The number of carbonyl (C=O) groups excluding carboxylic acids is 1. The van der Waals surface area contributed by atoms with Gasteiger partial charge in [0.05, 0.1) is 12.1 Å². The molecule has 19 heavy (non-hydrogen) atoms. The zero-order chi connectivity index (χ0) is 14.4. The van der Waals surface area contributed by atoms with Crippen LogP contribution in [0, 0.1) is 5.82 Å². The molecule has 4 nitrogen and oxygen atoms in total. The molecule has 0 aliphatic heterocycles. The van der Waals surface area contributed by atoms with E-state index < -0.39 is 5.82 Å². The Morgan fingerprint density at radius 2 is 2.21 bits per heavy atom. The maximum Gasteiger partial charge on any atom is 0.253 e. The van der Waals surface area contributed by atoms with Crippen molar-refractivity contribution >= 4 is 23.1 Å². The van der Waals surface area contributed by atoms with Crippen LogP contribution in [0.4, 0.5) is 4.39 Å². The third kappa shape index (κ3) is 4.17. The van der Waals surface area contributed by atoms with E-state index in [4.69, 9.17) is 22.7 Å². The molecular weight excluding hydrogens is 267 g/mol. The van der Waals surface area contributed by atoms with Crippen molar-refractivity contribution in [2.75, 3.05) is 20.2 Å². The van der Waals surface area contributed by atoms with Crippen LogP contribution in [-0.4, -0.2) is 36.0 Å². The van der Waals surface area contributed by atoms with Crippen LogP contribution in [-0.2, 0) is 0 Å². The summed E-state index contributed by atoms with van der Waals surface area (Å²) in [6.45, 7) is 2.78. The van der Waals surface area contributed by atoms with E-state index in [-0.39, 0.29) is 17.2 Å². The maximum atomic E-state index is 13.6. The number of ether oxygens (including phenoxy) is 1. The van der Waals surface area contributed by atoms with Crippen LogP contribution in [0.3, 0.4) is 0 Å². The zero-order valence-electron chi connectivity index (χ0n) is 11.0. The molecule has 0 saturated heterocycles. The maximum absolute atomic E-state index is 13.6. The van der Waals surface area contributed by atoms with E-state index in [0.29, 0.717) is 24.5 Å². The van der Waals surface area contributed by atoms with E-state index in [1.54, 1.807) is 4.90 Å². The molecule has 1 aromatic rings. The summed E-state index contributed by atoms with van der Waals surface area (Å²) in [5, 5.41) is 0. The van der Waals surface area contributed by atoms with E-state index in [1.807, 2.05) is 6.92 Å². The summed E-state index contributed by atoms with van der Waals surface area (Å²) in [5.74, 6) is -0.693. The molecule has 1 aromatic carbocycles. The summed E-state index contributed by atoms with van der Waals surface area (Å²) in [5.41, 5.74) is 5.69. The van der Waals surface area contributed by atoms with Gasteiger partial charge in [-0.05, 0) is 25.1 Å². The molecule has 0 spiro atoms. The molecule has 6 heteroatoms. The van der Waals surface area contributed by atoms with E-state index in [1.165, 1.54) is 25.3 Å². The smallest absolute Gasteiger partial charge is 0.253 e. The number of nitrogens with zero attached hydrogens (tertiary/aromatic N) is 1. The van der Waals surface area contributed by atoms with Crippen LogP contribution in [0.25, 0.3) is 0 Å². The molecule has 2 N–H and O–H groups in total. The monoisotopic (exact) mass is 284 g/mol. The number of benzene rings is 1. The summed E-state index contributed by atoms with van der Waals surface area (Å²) < 4.78 is 18.4. The van der Waals surface area contributed by atoms with Crippen LogP contribution in [0.2, 0.25) is 0 Å². The van der Waals surface area contributed by atoms with Gasteiger partial charge in [-0.15, -0.1) is 0 Å². The van der Waals surface area contributed by atoms with Gasteiger partial charge in [0.15, 0.2) is 11.6 Å². The SMILES string of the molecule is CCN(CCC(N)=S)C(=O)c1ccc(OC)c(F)c1. The third-order valence-electron chi connectivity index (χ3n) is 2.70. The van der Waals surface area contributed by atoms with Crippen molar-refractivity contribution in [3.05, 3.63) is 29.6 Å².